The van der Waals surface area contributed by atoms with Crippen LogP contribution in [-0.4, -0.2) is 38.8 Å². The van der Waals surface area contributed by atoms with Crippen LogP contribution in [0, 0.1) is 3.57 Å². The quantitative estimate of drug-likeness (QED) is 0.409. The average molecular weight is 512 g/mol. The lowest BCUT2D eigenvalue weighted by Crippen LogP contribution is -2.31. The Hall–Kier alpha value is -2.17. The van der Waals surface area contributed by atoms with E-state index in [0.29, 0.717) is 17.0 Å². The van der Waals surface area contributed by atoms with E-state index in [2.05, 4.69) is 41.1 Å². The molecule has 0 spiro atoms. The summed E-state index contributed by atoms with van der Waals surface area (Å²) in [6.07, 6.45) is 3.04. The summed E-state index contributed by atoms with van der Waals surface area (Å²) in [6.45, 7) is 7.54. The average Bonchev–Trinajstić information content (AvgIpc) is 2.68. The second kappa shape index (κ2) is 9.85. The molecule has 0 aliphatic heterocycles. The largest absolute Gasteiger partial charge is 0.496 e. The second-order valence-electron chi connectivity index (χ2n) is 5.73. The van der Waals surface area contributed by atoms with Gasteiger partial charge in [0.1, 0.15) is 5.75 Å². The predicted molar refractivity (Wildman–Crippen MR) is 119 cm³/mol. The monoisotopic (exact) mass is 512 g/mol. The lowest BCUT2D eigenvalue weighted by Gasteiger charge is -2.19. The number of carbonyl (C=O) groups is 1. The highest BCUT2D eigenvalue weighted by atomic mass is 127. The Morgan fingerprint density at radius 2 is 1.75 bits per heavy atom. The van der Waals surface area contributed by atoms with Gasteiger partial charge in [0.05, 0.1) is 15.6 Å². The van der Waals surface area contributed by atoms with E-state index in [9.17, 15) is 13.2 Å². The molecule has 1 N–H and O–H groups in total. The van der Waals surface area contributed by atoms with E-state index in [0.717, 1.165) is 3.57 Å². The lowest BCUT2D eigenvalue weighted by molar-refractivity contribution is 0.102. The number of hydrogen-bond donors (Lipinski definition) is 1. The van der Waals surface area contributed by atoms with E-state index in [-0.39, 0.29) is 23.9 Å². The van der Waals surface area contributed by atoms with E-state index < -0.39 is 10.0 Å². The molecule has 2 rings (SSSR count). The minimum Gasteiger partial charge on any atom is -0.496 e. The van der Waals surface area contributed by atoms with E-state index >= 15 is 0 Å². The summed E-state index contributed by atoms with van der Waals surface area (Å²) in [4.78, 5) is 12.6. The van der Waals surface area contributed by atoms with Crippen molar-refractivity contribution in [1.82, 2.24) is 4.31 Å². The van der Waals surface area contributed by atoms with Crippen molar-refractivity contribution in [2.45, 2.75) is 4.90 Å². The molecule has 0 heterocycles. The van der Waals surface area contributed by atoms with Gasteiger partial charge in [-0.2, -0.15) is 4.31 Å². The van der Waals surface area contributed by atoms with Crippen molar-refractivity contribution in [3.63, 3.8) is 0 Å². The number of benzene rings is 2. The highest BCUT2D eigenvalue weighted by molar-refractivity contribution is 14.1. The van der Waals surface area contributed by atoms with Gasteiger partial charge in [-0.15, -0.1) is 13.2 Å². The maximum Gasteiger partial charge on any atom is 0.255 e. The fraction of sp³-hybridized carbons (Fsp3) is 0.150. The molecule has 2 aromatic rings. The van der Waals surface area contributed by atoms with Crippen LogP contribution in [0.3, 0.4) is 0 Å². The number of hydrogen-bond acceptors (Lipinski definition) is 4. The molecule has 0 bridgehead atoms. The Morgan fingerprint density at radius 1 is 1.14 bits per heavy atom. The molecular formula is C20H21IN2O4S. The molecule has 148 valence electrons. The fourth-order valence-corrected chi connectivity index (χ4v) is 4.55. The first-order valence-corrected chi connectivity index (χ1v) is 10.8. The number of anilines is 1. The number of rotatable bonds is 9. The summed E-state index contributed by atoms with van der Waals surface area (Å²) < 4.78 is 32.7. The molecule has 0 unspecified atom stereocenters. The number of halogens is 1. The van der Waals surface area contributed by atoms with Gasteiger partial charge in [0.15, 0.2) is 0 Å². The zero-order valence-electron chi connectivity index (χ0n) is 15.4. The van der Waals surface area contributed by atoms with Crippen molar-refractivity contribution in [1.29, 1.82) is 0 Å². The summed E-state index contributed by atoms with van der Waals surface area (Å²) in [6, 6.07) is 11.1. The fourth-order valence-electron chi connectivity index (χ4n) is 2.43. The van der Waals surface area contributed by atoms with Crippen LogP contribution in [0.4, 0.5) is 5.69 Å². The highest BCUT2D eigenvalue weighted by Crippen LogP contribution is 2.23. The number of nitrogens with one attached hydrogen (secondary N) is 1. The molecule has 28 heavy (non-hydrogen) atoms. The van der Waals surface area contributed by atoms with Crippen molar-refractivity contribution in [2.75, 3.05) is 25.5 Å². The summed E-state index contributed by atoms with van der Waals surface area (Å²) in [7, 11) is -2.11. The molecule has 6 nitrogen and oxygen atoms in total. The molecule has 0 saturated carbocycles. The van der Waals surface area contributed by atoms with Gasteiger partial charge in [0, 0.05) is 24.3 Å². The maximum atomic E-state index is 12.7. The molecule has 0 fully saturated rings. The van der Waals surface area contributed by atoms with Crippen molar-refractivity contribution in [3.05, 3.63) is 76.9 Å². The number of methoxy groups -OCH3 is 1. The highest BCUT2D eigenvalue weighted by Gasteiger charge is 2.22. The van der Waals surface area contributed by atoms with Crippen LogP contribution in [0.25, 0.3) is 0 Å². The van der Waals surface area contributed by atoms with Crippen LogP contribution >= 0.6 is 22.6 Å². The number of carbonyl (C=O) groups excluding carboxylic acids is 1. The Bertz CT molecular complexity index is 962. The number of ether oxygens (including phenoxy) is 1. The maximum absolute atomic E-state index is 12.7. The van der Waals surface area contributed by atoms with Crippen LogP contribution in [0.1, 0.15) is 10.4 Å². The first kappa shape index (κ1) is 22.1. The van der Waals surface area contributed by atoms with Crippen LogP contribution < -0.4 is 10.1 Å². The van der Waals surface area contributed by atoms with Gasteiger partial charge >= 0.3 is 0 Å². The molecule has 2 aromatic carbocycles. The molecule has 0 aliphatic rings. The molecule has 0 atom stereocenters. The first-order chi connectivity index (χ1) is 13.3. The van der Waals surface area contributed by atoms with E-state index in [1.54, 1.807) is 37.4 Å². The molecule has 0 radical (unpaired) electrons. The van der Waals surface area contributed by atoms with Gasteiger partial charge in [0.2, 0.25) is 10.0 Å². The number of nitrogens with zero attached hydrogens (tertiary/aromatic N) is 1. The van der Waals surface area contributed by atoms with Crippen LogP contribution in [-0.2, 0) is 10.0 Å². The Balaban J connectivity index is 2.17. The molecule has 8 heteroatoms. The first-order valence-electron chi connectivity index (χ1n) is 8.30. The standard InChI is InChI=1S/C20H21IN2O4S/c1-4-12-23(13-5-2)28(25,26)17-9-7-16(8-10-17)22-20(24)15-6-11-19(27-3)18(21)14-15/h4-11,14H,1-2,12-13H2,3H3,(H,22,24). The van der Waals surface area contributed by atoms with Gasteiger partial charge in [0.25, 0.3) is 5.91 Å². The smallest absolute Gasteiger partial charge is 0.255 e. The normalized spacial score (nSPS) is 11.1. The summed E-state index contributed by atoms with van der Waals surface area (Å²) in [5, 5.41) is 2.76. The Kier molecular flexibility index (Phi) is 7.78. The SMILES string of the molecule is C=CCN(CC=C)S(=O)(=O)c1ccc(NC(=O)c2ccc(OC)c(I)c2)cc1. The topological polar surface area (TPSA) is 75.7 Å². The van der Waals surface area contributed by atoms with Gasteiger partial charge in [-0.05, 0) is 65.1 Å². The summed E-state index contributed by atoms with van der Waals surface area (Å²) >= 11 is 2.09. The van der Waals surface area contributed by atoms with E-state index in [1.807, 2.05) is 0 Å². The molecule has 1 amide bonds. The third-order valence-electron chi connectivity index (χ3n) is 3.83. The molecule has 0 saturated heterocycles. The Labute approximate surface area is 179 Å². The van der Waals surface area contributed by atoms with Crippen LogP contribution in [0.15, 0.2) is 72.7 Å². The summed E-state index contributed by atoms with van der Waals surface area (Å²) in [5.41, 5.74) is 0.971. The van der Waals surface area contributed by atoms with Crippen molar-refractivity contribution in [2.24, 2.45) is 0 Å². The second-order valence-corrected chi connectivity index (χ2v) is 8.83. The van der Waals surface area contributed by atoms with Crippen molar-refractivity contribution in [3.8, 4) is 5.75 Å². The zero-order valence-corrected chi connectivity index (χ0v) is 18.4. The van der Waals surface area contributed by atoms with Crippen molar-refractivity contribution >= 4 is 44.2 Å². The van der Waals surface area contributed by atoms with Gasteiger partial charge in [-0.3, -0.25) is 4.79 Å². The third kappa shape index (κ3) is 5.21. The molecule has 0 aromatic heterocycles. The van der Waals surface area contributed by atoms with Crippen LogP contribution in [0.5, 0.6) is 5.75 Å². The number of amides is 1. The van der Waals surface area contributed by atoms with E-state index in [1.165, 1.54) is 28.6 Å². The summed E-state index contributed by atoms with van der Waals surface area (Å²) in [5.74, 6) is 0.395. The van der Waals surface area contributed by atoms with Gasteiger partial charge < -0.3 is 10.1 Å². The van der Waals surface area contributed by atoms with Gasteiger partial charge in [-0.25, -0.2) is 8.42 Å². The minimum absolute atomic E-state index is 0.133. The molecular weight excluding hydrogens is 491 g/mol. The number of sulfonamides is 1. The van der Waals surface area contributed by atoms with E-state index in [4.69, 9.17) is 4.74 Å². The van der Waals surface area contributed by atoms with Gasteiger partial charge in [-0.1, -0.05) is 12.2 Å². The minimum atomic E-state index is -3.67. The lowest BCUT2D eigenvalue weighted by atomic mass is 10.2. The zero-order chi connectivity index (χ0) is 20.7. The Morgan fingerprint density at radius 3 is 2.25 bits per heavy atom. The predicted octanol–water partition coefficient (Wildman–Crippen LogP) is 3.91. The van der Waals surface area contributed by atoms with Crippen molar-refractivity contribution < 1.29 is 17.9 Å². The third-order valence-corrected chi connectivity index (χ3v) is 6.52. The molecule has 0 aliphatic carbocycles. The van der Waals surface area contributed by atoms with Crippen LogP contribution in [0.2, 0.25) is 0 Å².